The number of carbonyl (C=O) groups excluding carboxylic acids is 5. The molecule has 3 unspecified atom stereocenters. The maximum Gasteiger partial charge on any atom is 0.408 e. The summed E-state index contributed by atoms with van der Waals surface area (Å²) in [5.41, 5.74) is -1.61. The SMILES string of the molecule is CCCC(NC(=O)[C@@H]1CC(C(C)(C)C2(C)CCC2)CN1C(=O)[C@@H](NC(=O)[C@@H](NC(=O)OC(C)(C)C)C1CCCCC1)C(C)(C)C)C(O)C(=O)NC1CC1. The number of carbonyl (C=O) groups is 5. The Bertz CT molecular complexity index is 1320. The van der Waals surface area contributed by atoms with E-state index >= 15 is 0 Å². The third-order valence-corrected chi connectivity index (χ3v) is 12.9. The van der Waals surface area contributed by atoms with Crippen LogP contribution in [0.25, 0.3) is 0 Å². The number of aliphatic hydroxyl groups excluding tert-OH is 1. The molecule has 302 valence electrons. The minimum Gasteiger partial charge on any atom is -0.444 e. The van der Waals surface area contributed by atoms with Crippen LogP contribution in [0.1, 0.15) is 153 Å². The summed E-state index contributed by atoms with van der Waals surface area (Å²) in [5.74, 6) is -1.81. The first-order chi connectivity index (χ1) is 24.6. The zero-order chi connectivity index (χ0) is 39.5. The molecule has 0 aromatic carbocycles. The Morgan fingerprint density at radius 1 is 0.849 bits per heavy atom. The Balaban J connectivity index is 1.62. The minimum atomic E-state index is -1.41. The van der Waals surface area contributed by atoms with Gasteiger partial charge in [0.2, 0.25) is 17.7 Å². The molecule has 6 atom stereocenters. The van der Waals surface area contributed by atoms with Gasteiger partial charge in [0.1, 0.15) is 23.7 Å². The van der Waals surface area contributed by atoms with Crippen molar-refractivity contribution in [1.29, 1.82) is 0 Å². The van der Waals surface area contributed by atoms with Crippen molar-refractivity contribution in [1.82, 2.24) is 26.2 Å². The molecule has 5 amide bonds. The Hall–Kier alpha value is -2.89. The summed E-state index contributed by atoms with van der Waals surface area (Å²) in [6.45, 7) is 20.0. The average Bonchev–Trinajstić information content (AvgIpc) is 3.75. The van der Waals surface area contributed by atoms with Crippen LogP contribution < -0.4 is 21.3 Å². The summed E-state index contributed by atoms with van der Waals surface area (Å²) in [6.07, 6.45) is 8.94. The number of aliphatic hydroxyl groups is 1. The molecule has 0 aromatic heterocycles. The van der Waals surface area contributed by atoms with E-state index in [1.807, 2.05) is 27.7 Å². The van der Waals surface area contributed by atoms with Crippen LogP contribution in [0.2, 0.25) is 0 Å². The highest BCUT2D eigenvalue weighted by atomic mass is 16.6. The van der Waals surface area contributed by atoms with Gasteiger partial charge in [0.05, 0.1) is 6.04 Å². The molecule has 0 bridgehead atoms. The molecule has 12 heteroatoms. The number of likely N-dealkylation sites (tertiary alicyclic amines) is 1. The smallest absolute Gasteiger partial charge is 0.408 e. The highest BCUT2D eigenvalue weighted by Gasteiger charge is 2.55. The highest BCUT2D eigenvalue weighted by molar-refractivity contribution is 5.95. The second kappa shape index (κ2) is 16.9. The monoisotopic (exact) mass is 746 g/mol. The molecular formula is C41H71N5O7. The van der Waals surface area contributed by atoms with Gasteiger partial charge in [-0.1, -0.05) is 80.6 Å². The van der Waals surface area contributed by atoms with Gasteiger partial charge >= 0.3 is 6.09 Å². The van der Waals surface area contributed by atoms with E-state index in [1.165, 1.54) is 0 Å². The van der Waals surface area contributed by atoms with E-state index < -0.39 is 65.1 Å². The molecule has 5 N–H and O–H groups in total. The van der Waals surface area contributed by atoms with Crippen LogP contribution >= 0.6 is 0 Å². The zero-order valence-corrected chi connectivity index (χ0v) is 34.4. The summed E-state index contributed by atoms with van der Waals surface area (Å²) >= 11 is 0. The van der Waals surface area contributed by atoms with Crippen molar-refractivity contribution in [3.63, 3.8) is 0 Å². The van der Waals surface area contributed by atoms with Gasteiger partial charge in [-0.25, -0.2) is 4.79 Å². The number of hydrogen-bond acceptors (Lipinski definition) is 7. The molecule has 1 heterocycles. The Morgan fingerprint density at radius 3 is 1.98 bits per heavy atom. The molecule has 3 saturated carbocycles. The molecule has 1 saturated heterocycles. The molecule has 0 radical (unpaired) electrons. The van der Waals surface area contributed by atoms with Crippen molar-refractivity contribution in [3.8, 4) is 0 Å². The number of amides is 5. The summed E-state index contributed by atoms with van der Waals surface area (Å²) in [7, 11) is 0. The van der Waals surface area contributed by atoms with E-state index in [0.717, 1.165) is 64.2 Å². The third kappa shape index (κ3) is 10.7. The van der Waals surface area contributed by atoms with Crippen LogP contribution in [0.15, 0.2) is 0 Å². The second-order valence-corrected chi connectivity index (χ2v) is 19.5. The fraction of sp³-hybridized carbons (Fsp3) is 0.878. The van der Waals surface area contributed by atoms with Crippen LogP contribution in [0.5, 0.6) is 0 Å². The third-order valence-electron chi connectivity index (χ3n) is 12.9. The topological polar surface area (TPSA) is 166 Å². The Morgan fingerprint density at radius 2 is 1.47 bits per heavy atom. The predicted molar refractivity (Wildman–Crippen MR) is 204 cm³/mol. The quantitative estimate of drug-likeness (QED) is 0.160. The highest BCUT2D eigenvalue weighted by Crippen LogP contribution is 2.59. The first-order valence-electron chi connectivity index (χ1n) is 20.5. The number of hydrogen-bond donors (Lipinski definition) is 5. The molecule has 0 spiro atoms. The van der Waals surface area contributed by atoms with Gasteiger partial charge in [-0.3, -0.25) is 19.2 Å². The Labute approximate surface area is 318 Å². The van der Waals surface area contributed by atoms with Crippen molar-refractivity contribution in [2.45, 2.75) is 195 Å². The first kappa shape index (κ1) is 42.8. The molecule has 4 rings (SSSR count). The van der Waals surface area contributed by atoms with Gasteiger partial charge in [-0.2, -0.15) is 0 Å². The van der Waals surface area contributed by atoms with Gasteiger partial charge in [0.15, 0.2) is 6.10 Å². The number of rotatable bonds is 14. The molecule has 53 heavy (non-hydrogen) atoms. The van der Waals surface area contributed by atoms with Crippen LogP contribution in [-0.2, 0) is 23.9 Å². The maximum atomic E-state index is 14.9. The van der Waals surface area contributed by atoms with E-state index in [1.54, 1.807) is 25.7 Å². The van der Waals surface area contributed by atoms with Gasteiger partial charge in [0.25, 0.3) is 5.91 Å². The summed E-state index contributed by atoms with van der Waals surface area (Å²) in [6, 6.07) is -3.49. The number of ether oxygens (including phenoxy) is 1. The lowest BCUT2D eigenvalue weighted by molar-refractivity contribution is -0.145. The molecular weight excluding hydrogens is 674 g/mol. The first-order valence-corrected chi connectivity index (χ1v) is 20.5. The standard InChI is InChI=1S/C41H71N5O7/c1-11-16-28(31(47)35(50)42-27-19-20-27)43-33(48)29-23-26(40(8,9)41(10)21-15-22-41)24-46(29)36(51)32(38(2,3)4)45-34(49)30(25-17-13-12-14-18-25)44-37(52)53-39(5,6)7/h25-32,47H,11-24H2,1-10H3,(H,42,50)(H,43,48)(H,44,52)(H,45,49)/t26?,28?,29-,30-,31?,32+/m0/s1. The lowest BCUT2D eigenvalue weighted by Gasteiger charge is -2.54. The minimum absolute atomic E-state index is 0.000330. The van der Waals surface area contributed by atoms with Gasteiger partial charge in [-0.05, 0) is 100 Å². The number of nitrogens with one attached hydrogen (secondary N) is 4. The van der Waals surface area contributed by atoms with Crippen molar-refractivity contribution < 1.29 is 33.8 Å². The fourth-order valence-corrected chi connectivity index (χ4v) is 8.64. The number of alkyl carbamates (subject to hydrolysis) is 1. The fourth-order valence-electron chi connectivity index (χ4n) is 8.64. The predicted octanol–water partition coefficient (Wildman–Crippen LogP) is 5.35. The lowest BCUT2D eigenvalue weighted by Crippen LogP contribution is -2.62. The molecule has 3 aliphatic carbocycles. The van der Waals surface area contributed by atoms with Gasteiger partial charge in [0, 0.05) is 12.6 Å². The van der Waals surface area contributed by atoms with Crippen LogP contribution in [0, 0.1) is 28.1 Å². The molecule has 4 aliphatic rings. The maximum absolute atomic E-state index is 14.9. The normalized spacial score (nSPS) is 24.5. The van der Waals surface area contributed by atoms with Crippen molar-refractivity contribution >= 4 is 29.7 Å². The van der Waals surface area contributed by atoms with Crippen molar-refractivity contribution in [3.05, 3.63) is 0 Å². The van der Waals surface area contributed by atoms with Crippen LogP contribution in [0.4, 0.5) is 4.79 Å². The average molecular weight is 746 g/mol. The lowest BCUT2D eigenvalue weighted by atomic mass is 9.51. The Kier molecular flexibility index (Phi) is 13.6. The van der Waals surface area contributed by atoms with Gasteiger partial charge in [-0.15, -0.1) is 0 Å². The molecule has 0 aromatic rings. The van der Waals surface area contributed by atoms with Gasteiger partial charge < -0.3 is 36.0 Å². The largest absolute Gasteiger partial charge is 0.444 e. The van der Waals surface area contributed by atoms with E-state index in [4.69, 9.17) is 4.74 Å². The van der Waals surface area contributed by atoms with Crippen LogP contribution in [-0.4, -0.2) is 88.2 Å². The summed E-state index contributed by atoms with van der Waals surface area (Å²) < 4.78 is 5.55. The molecule has 4 fully saturated rings. The van der Waals surface area contributed by atoms with E-state index in [9.17, 15) is 29.1 Å². The summed E-state index contributed by atoms with van der Waals surface area (Å²) in [4.78, 5) is 71.1. The second-order valence-electron chi connectivity index (χ2n) is 19.5. The van der Waals surface area contributed by atoms with Crippen molar-refractivity contribution in [2.24, 2.45) is 28.1 Å². The molecule has 1 aliphatic heterocycles. The van der Waals surface area contributed by atoms with E-state index in [0.29, 0.717) is 25.8 Å². The van der Waals surface area contributed by atoms with Crippen LogP contribution in [0.3, 0.4) is 0 Å². The summed E-state index contributed by atoms with van der Waals surface area (Å²) in [5, 5.41) is 22.8. The van der Waals surface area contributed by atoms with E-state index in [2.05, 4.69) is 42.0 Å². The molecule has 12 nitrogen and oxygen atoms in total. The van der Waals surface area contributed by atoms with Crippen molar-refractivity contribution in [2.75, 3.05) is 6.54 Å². The zero-order valence-electron chi connectivity index (χ0n) is 34.4. The van der Waals surface area contributed by atoms with E-state index in [-0.39, 0.29) is 34.6 Å². The number of nitrogens with zero attached hydrogens (tertiary/aromatic N) is 1.